The second-order valence-electron chi connectivity index (χ2n) is 3.82. The first-order chi connectivity index (χ1) is 7.82. The Morgan fingerprint density at radius 3 is 2.41 bits per heavy atom. The van der Waals surface area contributed by atoms with Crippen molar-refractivity contribution in [3.8, 4) is 11.5 Å². The van der Waals surface area contributed by atoms with Gasteiger partial charge < -0.3 is 15.5 Å². The van der Waals surface area contributed by atoms with Crippen molar-refractivity contribution >= 4 is 23.2 Å². The molecule has 0 unspecified atom stereocenters. The number of carbonyl (C=O) groups excluding carboxylic acids is 1. The van der Waals surface area contributed by atoms with Crippen LogP contribution < -0.4 is 5.32 Å². The number of phenolic OH excluding ortho intramolecular Hbond substituents is 2. The SMILES string of the molecule is CC(C)NC(=O)C(=N)c1cc(O)c(O)cc1Cl. The Labute approximate surface area is 104 Å². The third-order valence-corrected chi connectivity index (χ3v) is 2.29. The molecule has 0 radical (unpaired) electrons. The summed E-state index contributed by atoms with van der Waals surface area (Å²) in [5.41, 5.74) is -0.292. The van der Waals surface area contributed by atoms with E-state index in [1.807, 2.05) is 0 Å². The van der Waals surface area contributed by atoms with Crippen LogP contribution in [0.25, 0.3) is 0 Å². The lowest BCUT2D eigenvalue weighted by Crippen LogP contribution is -2.36. The van der Waals surface area contributed by atoms with Gasteiger partial charge in [0.15, 0.2) is 11.5 Å². The average molecular weight is 257 g/mol. The molecule has 0 aliphatic heterocycles. The molecule has 0 heterocycles. The summed E-state index contributed by atoms with van der Waals surface area (Å²) < 4.78 is 0. The fourth-order valence-corrected chi connectivity index (χ4v) is 1.45. The normalized spacial score (nSPS) is 10.4. The van der Waals surface area contributed by atoms with Crippen LogP contribution in [0.5, 0.6) is 11.5 Å². The maximum Gasteiger partial charge on any atom is 0.270 e. The number of benzene rings is 1. The molecule has 1 aromatic carbocycles. The van der Waals surface area contributed by atoms with E-state index in [4.69, 9.17) is 17.0 Å². The first-order valence-electron chi connectivity index (χ1n) is 4.94. The first kappa shape index (κ1) is 13.3. The molecule has 0 saturated heterocycles. The molecule has 92 valence electrons. The van der Waals surface area contributed by atoms with Gasteiger partial charge >= 0.3 is 0 Å². The zero-order chi connectivity index (χ0) is 13.2. The Balaban J connectivity index is 3.05. The van der Waals surface area contributed by atoms with Crippen LogP contribution in [-0.4, -0.2) is 27.9 Å². The van der Waals surface area contributed by atoms with Gasteiger partial charge in [-0.3, -0.25) is 10.2 Å². The summed E-state index contributed by atoms with van der Waals surface area (Å²) in [5.74, 6) is -1.41. The van der Waals surface area contributed by atoms with Crippen LogP contribution in [0.15, 0.2) is 12.1 Å². The average Bonchev–Trinajstić information content (AvgIpc) is 2.21. The fraction of sp³-hybridized carbons (Fsp3) is 0.273. The van der Waals surface area contributed by atoms with E-state index in [0.29, 0.717) is 0 Å². The number of carbonyl (C=O) groups is 1. The summed E-state index contributed by atoms with van der Waals surface area (Å²) in [7, 11) is 0. The number of phenols is 2. The van der Waals surface area contributed by atoms with Crippen LogP contribution in [0.4, 0.5) is 0 Å². The van der Waals surface area contributed by atoms with Gasteiger partial charge in [0.2, 0.25) is 0 Å². The van der Waals surface area contributed by atoms with Crippen molar-refractivity contribution in [2.45, 2.75) is 19.9 Å². The molecule has 6 heteroatoms. The van der Waals surface area contributed by atoms with Crippen LogP contribution in [0, 0.1) is 5.41 Å². The van der Waals surface area contributed by atoms with E-state index in [2.05, 4.69) is 5.32 Å². The number of nitrogens with one attached hydrogen (secondary N) is 2. The molecular weight excluding hydrogens is 244 g/mol. The van der Waals surface area contributed by atoms with Crippen LogP contribution in [-0.2, 0) is 4.79 Å². The van der Waals surface area contributed by atoms with E-state index in [1.54, 1.807) is 13.8 Å². The smallest absolute Gasteiger partial charge is 0.270 e. The van der Waals surface area contributed by atoms with Crippen molar-refractivity contribution in [3.05, 3.63) is 22.7 Å². The van der Waals surface area contributed by atoms with Gasteiger partial charge in [-0.2, -0.15) is 0 Å². The topological polar surface area (TPSA) is 93.4 Å². The quantitative estimate of drug-likeness (QED) is 0.489. The highest BCUT2D eigenvalue weighted by molar-refractivity contribution is 6.48. The Bertz CT molecular complexity index is 472. The lowest BCUT2D eigenvalue weighted by atomic mass is 10.1. The van der Waals surface area contributed by atoms with Gasteiger partial charge in [0.1, 0.15) is 5.71 Å². The molecule has 1 aromatic rings. The summed E-state index contributed by atoms with van der Waals surface area (Å²) in [6.07, 6.45) is 0. The van der Waals surface area contributed by atoms with E-state index < -0.39 is 17.4 Å². The molecule has 4 N–H and O–H groups in total. The Morgan fingerprint density at radius 1 is 1.35 bits per heavy atom. The third kappa shape index (κ3) is 3.10. The van der Waals surface area contributed by atoms with Gasteiger partial charge in [0, 0.05) is 17.7 Å². The van der Waals surface area contributed by atoms with E-state index in [-0.39, 0.29) is 22.3 Å². The number of hydrogen-bond acceptors (Lipinski definition) is 4. The van der Waals surface area contributed by atoms with Gasteiger partial charge in [0.25, 0.3) is 5.91 Å². The summed E-state index contributed by atoms with van der Waals surface area (Å²) in [6, 6.07) is 2.07. The van der Waals surface area contributed by atoms with Crippen LogP contribution in [0.3, 0.4) is 0 Å². The minimum absolute atomic E-state index is 0.0317. The molecule has 17 heavy (non-hydrogen) atoms. The molecule has 1 rings (SSSR count). The number of halogens is 1. The summed E-state index contributed by atoms with van der Waals surface area (Å²) in [5, 5.41) is 28.7. The van der Waals surface area contributed by atoms with Crippen molar-refractivity contribution in [1.82, 2.24) is 5.32 Å². The number of hydrogen-bond donors (Lipinski definition) is 4. The molecule has 1 amide bonds. The van der Waals surface area contributed by atoms with E-state index >= 15 is 0 Å². The van der Waals surface area contributed by atoms with E-state index in [0.717, 1.165) is 12.1 Å². The van der Waals surface area contributed by atoms with Gasteiger partial charge in [-0.1, -0.05) is 11.6 Å². The molecule has 0 fully saturated rings. The maximum atomic E-state index is 11.6. The zero-order valence-corrected chi connectivity index (χ0v) is 10.2. The molecule has 0 aliphatic rings. The number of amides is 1. The summed E-state index contributed by atoms with van der Waals surface area (Å²) in [4.78, 5) is 11.6. The van der Waals surface area contributed by atoms with Gasteiger partial charge in [0.05, 0.1) is 5.02 Å². The molecule has 5 nitrogen and oxygen atoms in total. The van der Waals surface area contributed by atoms with Gasteiger partial charge in [-0.05, 0) is 19.9 Å². The third-order valence-electron chi connectivity index (χ3n) is 1.98. The predicted molar refractivity (Wildman–Crippen MR) is 64.9 cm³/mol. The first-order valence-corrected chi connectivity index (χ1v) is 5.32. The van der Waals surface area contributed by atoms with E-state index in [1.165, 1.54) is 0 Å². The molecular formula is C11H13ClN2O3. The highest BCUT2D eigenvalue weighted by Crippen LogP contribution is 2.31. The van der Waals surface area contributed by atoms with Crippen molar-refractivity contribution in [1.29, 1.82) is 5.41 Å². The highest BCUT2D eigenvalue weighted by atomic mass is 35.5. The van der Waals surface area contributed by atoms with Crippen molar-refractivity contribution in [2.24, 2.45) is 0 Å². The predicted octanol–water partition coefficient (Wildman–Crippen LogP) is 1.64. The molecule has 0 bridgehead atoms. The fourth-order valence-electron chi connectivity index (χ4n) is 1.20. The second kappa shape index (κ2) is 5.05. The zero-order valence-electron chi connectivity index (χ0n) is 9.41. The Kier molecular flexibility index (Phi) is 3.96. The van der Waals surface area contributed by atoms with Crippen LogP contribution in [0.1, 0.15) is 19.4 Å². The number of rotatable bonds is 3. The molecule has 0 atom stereocenters. The molecule has 0 spiro atoms. The molecule has 0 aliphatic carbocycles. The van der Waals surface area contributed by atoms with Crippen LogP contribution in [0.2, 0.25) is 5.02 Å². The van der Waals surface area contributed by atoms with Crippen molar-refractivity contribution in [2.75, 3.05) is 0 Å². The molecule has 0 saturated carbocycles. The lowest BCUT2D eigenvalue weighted by Gasteiger charge is -2.11. The van der Waals surface area contributed by atoms with E-state index in [9.17, 15) is 15.0 Å². The van der Waals surface area contributed by atoms with Gasteiger partial charge in [-0.25, -0.2) is 0 Å². The lowest BCUT2D eigenvalue weighted by molar-refractivity contribution is -0.115. The standard InChI is InChI=1S/C11H13ClN2O3/c1-5(2)14-11(17)10(13)6-3-8(15)9(16)4-7(6)12/h3-5,13,15-16H,1-2H3,(H,14,17). The van der Waals surface area contributed by atoms with Crippen molar-refractivity contribution < 1.29 is 15.0 Å². The molecule has 0 aromatic heterocycles. The van der Waals surface area contributed by atoms with Crippen LogP contribution >= 0.6 is 11.6 Å². The van der Waals surface area contributed by atoms with Gasteiger partial charge in [-0.15, -0.1) is 0 Å². The van der Waals surface area contributed by atoms with Crippen molar-refractivity contribution in [3.63, 3.8) is 0 Å². The summed E-state index contributed by atoms with van der Waals surface area (Å²) in [6.45, 7) is 3.53. The maximum absolute atomic E-state index is 11.6. The Morgan fingerprint density at radius 2 is 1.88 bits per heavy atom. The minimum Gasteiger partial charge on any atom is -0.504 e. The highest BCUT2D eigenvalue weighted by Gasteiger charge is 2.17. The monoisotopic (exact) mass is 256 g/mol. The largest absolute Gasteiger partial charge is 0.504 e. The Hall–Kier alpha value is -1.75. The second-order valence-corrected chi connectivity index (χ2v) is 4.23. The number of aromatic hydroxyl groups is 2. The minimum atomic E-state index is -0.591. The summed E-state index contributed by atoms with van der Waals surface area (Å²) >= 11 is 5.79.